The summed E-state index contributed by atoms with van der Waals surface area (Å²) in [5, 5.41) is 5.90. The highest BCUT2D eigenvalue weighted by molar-refractivity contribution is 7.89. The van der Waals surface area contributed by atoms with E-state index in [4.69, 9.17) is 9.05 Å². The minimum atomic E-state index is -3.69. The van der Waals surface area contributed by atoms with E-state index in [1.165, 1.54) is 28.7 Å². The molecule has 0 radical (unpaired) electrons. The molecule has 43 heavy (non-hydrogen) atoms. The largest absolute Gasteiger partial charge is 0.340 e. The third-order valence-electron chi connectivity index (χ3n) is 7.02. The third-order valence-corrected chi connectivity index (χ3v) is 11.0. The first-order valence-corrected chi connectivity index (χ1v) is 17.2. The van der Waals surface area contributed by atoms with E-state index >= 15 is 0 Å². The zero-order valence-electron chi connectivity index (χ0n) is 24.4. The van der Waals surface area contributed by atoms with Gasteiger partial charge in [0, 0.05) is 49.3 Å². The molecule has 2 N–H and O–H groups in total. The Morgan fingerprint density at radius 3 is 2.26 bits per heavy atom. The molecule has 11 nitrogen and oxygen atoms in total. The smallest absolute Gasteiger partial charge is 0.331 e. The fraction of sp³-hybridized carbons (Fsp3) is 0.429. The molecule has 234 valence electrons. The summed E-state index contributed by atoms with van der Waals surface area (Å²) in [5.74, 6) is -1.34. The van der Waals surface area contributed by atoms with Gasteiger partial charge in [-0.05, 0) is 76.2 Å². The van der Waals surface area contributed by atoms with Gasteiger partial charge >= 0.3 is 7.60 Å². The predicted octanol–water partition coefficient (Wildman–Crippen LogP) is 5.59. The highest BCUT2D eigenvalue weighted by Crippen LogP contribution is 2.47. The van der Waals surface area contributed by atoms with Gasteiger partial charge in [0.05, 0.1) is 24.3 Å². The van der Waals surface area contributed by atoms with Crippen LogP contribution in [0.5, 0.6) is 0 Å². The number of benzene rings is 2. The topological polar surface area (TPSA) is 126 Å². The van der Waals surface area contributed by atoms with Gasteiger partial charge in [-0.1, -0.05) is 0 Å². The standard InChI is InChI=1S/C28H37F2N6O5PS/c1-4-40-42(37,41-5-2)19-18-35(3)23-13-16-36(17-14-23)43(38,39)24-9-6-21(7-10-24)33-28-31-15-12-27(34-28)32-22-8-11-25(29)26(30)20-22/h6-12,15,20,23H,4-5,13-14,16-19H2,1-3H3,(H2,31,32,33,34). The fourth-order valence-electron chi connectivity index (χ4n) is 4.74. The van der Waals surface area contributed by atoms with Crippen molar-refractivity contribution in [2.45, 2.75) is 37.6 Å². The maximum absolute atomic E-state index is 13.5. The number of rotatable bonds is 14. The van der Waals surface area contributed by atoms with Crippen molar-refractivity contribution in [3.63, 3.8) is 0 Å². The zero-order chi connectivity index (χ0) is 31.0. The summed E-state index contributed by atoms with van der Waals surface area (Å²) in [4.78, 5) is 10.8. The molecule has 2 heterocycles. The Balaban J connectivity index is 1.31. The molecule has 1 saturated heterocycles. The third kappa shape index (κ3) is 8.78. The van der Waals surface area contributed by atoms with Crippen LogP contribution in [0, 0.1) is 11.6 Å². The van der Waals surface area contributed by atoms with E-state index in [1.807, 2.05) is 7.05 Å². The Bertz CT molecular complexity index is 1510. The Labute approximate surface area is 251 Å². The fourth-order valence-corrected chi connectivity index (χ4v) is 7.89. The second-order valence-electron chi connectivity index (χ2n) is 9.95. The van der Waals surface area contributed by atoms with Crippen molar-refractivity contribution in [1.82, 2.24) is 19.2 Å². The van der Waals surface area contributed by atoms with Gasteiger partial charge in [-0.15, -0.1) is 0 Å². The average molecular weight is 639 g/mol. The Hall–Kier alpha value is -3.00. The lowest BCUT2D eigenvalue weighted by molar-refractivity contribution is 0.168. The van der Waals surface area contributed by atoms with Crippen molar-refractivity contribution < 1.29 is 30.8 Å². The van der Waals surface area contributed by atoms with Gasteiger partial charge in [-0.2, -0.15) is 9.29 Å². The monoisotopic (exact) mass is 638 g/mol. The highest BCUT2D eigenvalue weighted by Gasteiger charge is 2.32. The van der Waals surface area contributed by atoms with Gasteiger partial charge in [0.1, 0.15) is 5.82 Å². The summed E-state index contributed by atoms with van der Waals surface area (Å²) >= 11 is 0. The second-order valence-corrected chi connectivity index (χ2v) is 14.1. The number of anilines is 4. The average Bonchev–Trinajstić information content (AvgIpc) is 2.99. The molecule has 1 aliphatic heterocycles. The van der Waals surface area contributed by atoms with Crippen LogP contribution in [0.3, 0.4) is 0 Å². The van der Waals surface area contributed by atoms with Gasteiger partial charge in [-0.25, -0.2) is 22.2 Å². The lowest BCUT2D eigenvalue weighted by Gasteiger charge is -2.36. The van der Waals surface area contributed by atoms with Gasteiger partial charge in [0.2, 0.25) is 16.0 Å². The molecule has 1 aliphatic rings. The van der Waals surface area contributed by atoms with Crippen LogP contribution in [0.25, 0.3) is 0 Å². The molecule has 1 fully saturated rings. The first kappa shape index (κ1) is 32.9. The Kier molecular flexibility index (Phi) is 11.2. The molecule has 2 aromatic carbocycles. The van der Waals surface area contributed by atoms with Crippen LogP contribution >= 0.6 is 7.60 Å². The number of nitrogens with zero attached hydrogens (tertiary/aromatic N) is 4. The number of hydrogen-bond acceptors (Lipinski definition) is 10. The Morgan fingerprint density at radius 2 is 1.63 bits per heavy atom. The number of nitrogens with one attached hydrogen (secondary N) is 2. The molecule has 0 aliphatic carbocycles. The molecule has 0 atom stereocenters. The molecule has 0 bridgehead atoms. The van der Waals surface area contributed by atoms with Gasteiger partial charge in [0.25, 0.3) is 0 Å². The first-order valence-electron chi connectivity index (χ1n) is 14.0. The van der Waals surface area contributed by atoms with Crippen LogP contribution in [0.1, 0.15) is 26.7 Å². The van der Waals surface area contributed by atoms with Crippen molar-refractivity contribution in [1.29, 1.82) is 0 Å². The van der Waals surface area contributed by atoms with Crippen LogP contribution in [-0.4, -0.2) is 79.7 Å². The van der Waals surface area contributed by atoms with Crippen molar-refractivity contribution in [2.24, 2.45) is 0 Å². The molecular weight excluding hydrogens is 601 g/mol. The summed E-state index contributed by atoms with van der Waals surface area (Å²) < 4.78 is 78.4. The minimum Gasteiger partial charge on any atom is -0.340 e. The maximum Gasteiger partial charge on any atom is 0.331 e. The van der Waals surface area contributed by atoms with Crippen molar-refractivity contribution in [3.05, 3.63) is 66.4 Å². The predicted molar refractivity (Wildman–Crippen MR) is 162 cm³/mol. The first-order chi connectivity index (χ1) is 20.5. The van der Waals surface area contributed by atoms with E-state index in [1.54, 1.807) is 32.0 Å². The van der Waals surface area contributed by atoms with E-state index < -0.39 is 29.3 Å². The minimum absolute atomic E-state index is 0.155. The molecule has 3 aromatic rings. The number of hydrogen-bond donors (Lipinski definition) is 2. The Morgan fingerprint density at radius 1 is 0.977 bits per heavy atom. The lowest BCUT2D eigenvalue weighted by Crippen LogP contribution is -2.46. The molecule has 0 unspecified atom stereocenters. The molecule has 0 amide bonds. The van der Waals surface area contributed by atoms with Crippen molar-refractivity contribution in [3.8, 4) is 0 Å². The molecular formula is C28H37F2N6O5PS. The van der Waals surface area contributed by atoms with E-state index in [-0.39, 0.29) is 23.0 Å². The van der Waals surface area contributed by atoms with Crippen LogP contribution in [0.2, 0.25) is 0 Å². The summed E-state index contributed by atoms with van der Waals surface area (Å²) in [6.07, 6.45) is 3.07. The van der Waals surface area contributed by atoms with E-state index in [9.17, 15) is 21.8 Å². The van der Waals surface area contributed by atoms with E-state index in [0.717, 1.165) is 12.1 Å². The van der Waals surface area contributed by atoms with Gasteiger partial charge in [-0.3, -0.25) is 4.57 Å². The van der Waals surface area contributed by atoms with E-state index in [2.05, 4.69) is 25.5 Å². The molecule has 0 saturated carbocycles. The summed E-state index contributed by atoms with van der Waals surface area (Å²) in [6.45, 7) is 5.46. The lowest BCUT2D eigenvalue weighted by atomic mass is 10.1. The van der Waals surface area contributed by atoms with Crippen LogP contribution < -0.4 is 10.6 Å². The highest BCUT2D eigenvalue weighted by atomic mass is 32.2. The zero-order valence-corrected chi connectivity index (χ0v) is 26.1. The molecule has 15 heteroatoms. The van der Waals surface area contributed by atoms with Crippen molar-refractivity contribution >= 4 is 40.8 Å². The maximum atomic E-state index is 13.5. The molecule has 1 aromatic heterocycles. The number of halogens is 2. The molecule has 0 spiro atoms. The summed E-state index contributed by atoms with van der Waals surface area (Å²) in [6, 6.07) is 11.5. The van der Waals surface area contributed by atoms with Gasteiger partial charge < -0.3 is 24.6 Å². The summed E-state index contributed by atoms with van der Waals surface area (Å²) in [5.41, 5.74) is 0.892. The van der Waals surface area contributed by atoms with Crippen LogP contribution in [0.4, 0.5) is 31.9 Å². The number of piperidine rings is 1. The molecule has 4 rings (SSSR count). The summed E-state index contributed by atoms with van der Waals surface area (Å²) in [7, 11) is -4.89. The number of aromatic nitrogens is 2. The number of sulfonamides is 1. The van der Waals surface area contributed by atoms with Crippen LogP contribution in [0.15, 0.2) is 59.6 Å². The van der Waals surface area contributed by atoms with E-state index in [0.29, 0.717) is 62.9 Å². The second kappa shape index (κ2) is 14.7. The SMILES string of the molecule is CCOP(=O)(CCN(C)C1CCN(S(=O)(=O)c2ccc(Nc3nccc(Nc4ccc(F)c(F)c4)n3)cc2)CC1)OCC. The van der Waals surface area contributed by atoms with Crippen molar-refractivity contribution in [2.75, 3.05) is 56.7 Å². The quantitative estimate of drug-likeness (QED) is 0.216. The van der Waals surface area contributed by atoms with Gasteiger partial charge in [0.15, 0.2) is 11.6 Å². The normalized spacial score (nSPS) is 15.1. The van der Waals surface area contributed by atoms with Crippen LogP contribution in [-0.2, 0) is 23.6 Å².